The molecular formula is C16H18FNO3. The van der Waals surface area contributed by atoms with Gasteiger partial charge in [-0.2, -0.15) is 0 Å². The summed E-state index contributed by atoms with van der Waals surface area (Å²) in [4.78, 5) is 0. The third-order valence-corrected chi connectivity index (χ3v) is 3.13. The summed E-state index contributed by atoms with van der Waals surface area (Å²) in [5.74, 6) is 1.47. The molecule has 0 bridgehead atoms. The Hall–Kier alpha value is -2.43. The van der Waals surface area contributed by atoms with Gasteiger partial charge < -0.3 is 19.5 Å². The normalized spacial score (nSPS) is 10.1. The fourth-order valence-electron chi connectivity index (χ4n) is 1.94. The summed E-state index contributed by atoms with van der Waals surface area (Å²) in [6, 6.07) is 10.2. The zero-order chi connectivity index (χ0) is 15.2. The number of benzene rings is 2. The quantitative estimate of drug-likeness (QED) is 0.884. The molecule has 0 heterocycles. The third kappa shape index (κ3) is 3.56. The molecule has 0 radical (unpaired) electrons. The van der Waals surface area contributed by atoms with Gasteiger partial charge in [0.1, 0.15) is 11.6 Å². The Morgan fingerprint density at radius 2 is 1.67 bits per heavy atom. The minimum Gasteiger partial charge on any atom is -0.497 e. The van der Waals surface area contributed by atoms with Gasteiger partial charge >= 0.3 is 0 Å². The van der Waals surface area contributed by atoms with Gasteiger partial charge in [0.2, 0.25) is 0 Å². The van der Waals surface area contributed by atoms with Crippen LogP contribution in [0.5, 0.6) is 17.2 Å². The molecule has 5 heteroatoms. The van der Waals surface area contributed by atoms with E-state index in [9.17, 15) is 4.39 Å². The van der Waals surface area contributed by atoms with Crippen LogP contribution in [0.4, 0.5) is 10.1 Å². The maximum atomic E-state index is 13.8. The average Bonchev–Trinajstić information content (AvgIpc) is 2.53. The van der Waals surface area contributed by atoms with Crippen LogP contribution >= 0.6 is 0 Å². The molecule has 0 saturated heterocycles. The van der Waals surface area contributed by atoms with Gasteiger partial charge in [-0.15, -0.1) is 0 Å². The van der Waals surface area contributed by atoms with Gasteiger partial charge in [0.05, 0.1) is 21.3 Å². The fourth-order valence-corrected chi connectivity index (χ4v) is 1.94. The van der Waals surface area contributed by atoms with Crippen LogP contribution in [0.2, 0.25) is 0 Å². The zero-order valence-electron chi connectivity index (χ0n) is 12.3. The van der Waals surface area contributed by atoms with Crippen molar-refractivity contribution in [2.24, 2.45) is 0 Å². The highest BCUT2D eigenvalue weighted by Crippen LogP contribution is 2.30. The fraction of sp³-hybridized carbons (Fsp3) is 0.250. The van der Waals surface area contributed by atoms with Crippen molar-refractivity contribution in [1.82, 2.24) is 0 Å². The molecule has 112 valence electrons. The van der Waals surface area contributed by atoms with Gasteiger partial charge in [-0.05, 0) is 18.2 Å². The Balaban J connectivity index is 2.09. The lowest BCUT2D eigenvalue weighted by Gasteiger charge is -2.12. The smallest absolute Gasteiger partial charge is 0.162 e. The second-order valence-electron chi connectivity index (χ2n) is 4.38. The third-order valence-electron chi connectivity index (χ3n) is 3.13. The minimum atomic E-state index is -0.303. The molecule has 2 rings (SSSR count). The monoisotopic (exact) mass is 291 g/mol. The molecule has 4 nitrogen and oxygen atoms in total. The van der Waals surface area contributed by atoms with E-state index in [0.717, 1.165) is 5.69 Å². The van der Waals surface area contributed by atoms with Gasteiger partial charge in [0, 0.05) is 29.9 Å². The van der Waals surface area contributed by atoms with Crippen molar-refractivity contribution in [3.05, 3.63) is 47.8 Å². The number of hydrogen-bond donors (Lipinski definition) is 1. The number of rotatable bonds is 6. The van der Waals surface area contributed by atoms with Crippen LogP contribution in [-0.4, -0.2) is 21.3 Å². The number of halogens is 1. The highest BCUT2D eigenvalue weighted by molar-refractivity contribution is 5.55. The second kappa shape index (κ2) is 6.83. The van der Waals surface area contributed by atoms with E-state index in [1.54, 1.807) is 38.5 Å². The number of hydrogen-bond acceptors (Lipinski definition) is 4. The largest absolute Gasteiger partial charge is 0.497 e. The predicted molar refractivity (Wildman–Crippen MR) is 79.8 cm³/mol. The van der Waals surface area contributed by atoms with E-state index in [-0.39, 0.29) is 5.82 Å². The first-order valence-corrected chi connectivity index (χ1v) is 6.46. The van der Waals surface area contributed by atoms with Crippen LogP contribution in [0, 0.1) is 5.82 Å². The highest BCUT2D eigenvalue weighted by Gasteiger charge is 2.06. The van der Waals surface area contributed by atoms with Gasteiger partial charge in [-0.1, -0.05) is 6.07 Å². The van der Waals surface area contributed by atoms with E-state index in [2.05, 4.69) is 5.32 Å². The van der Waals surface area contributed by atoms with Crippen LogP contribution in [0.25, 0.3) is 0 Å². The Labute approximate surface area is 123 Å². The van der Waals surface area contributed by atoms with Crippen molar-refractivity contribution in [3.63, 3.8) is 0 Å². The molecule has 0 fully saturated rings. The van der Waals surface area contributed by atoms with Crippen LogP contribution in [0.3, 0.4) is 0 Å². The molecule has 0 aliphatic heterocycles. The Bertz CT molecular complexity index is 616. The van der Waals surface area contributed by atoms with Crippen molar-refractivity contribution in [1.29, 1.82) is 0 Å². The molecule has 2 aromatic rings. The molecule has 0 saturated carbocycles. The number of methoxy groups -OCH3 is 3. The van der Waals surface area contributed by atoms with Gasteiger partial charge in [-0.3, -0.25) is 0 Å². The van der Waals surface area contributed by atoms with Crippen LogP contribution in [0.15, 0.2) is 36.4 Å². The first kappa shape index (κ1) is 15.0. The van der Waals surface area contributed by atoms with Crippen molar-refractivity contribution < 1.29 is 18.6 Å². The van der Waals surface area contributed by atoms with Crippen LogP contribution < -0.4 is 19.5 Å². The van der Waals surface area contributed by atoms with E-state index in [0.29, 0.717) is 29.4 Å². The van der Waals surface area contributed by atoms with E-state index in [1.165, 1.54) is 13.2 Å². The van der Waals surface area contributed by atoms with Crippen molar-refractivity contribution in [2.45, 2.75) is 6.54 Å². The SMILES string of the molecule is COc1ccc(CNc2ccc(OC)c(OC)c2)c(F)c1. The molecule has 0 amide bonds. The van der Waals surface area contributed by atoms with Crippen LogP contribution in [-0.2, 0) is 6.54 Å². The number of ether oxygens (including phenoxy) is 3. The van der Waals surface area contributed by atoms with Gasteiger partial charge in [0.25, 0.3) is 0 Å². The van der Waals surface area contributed by atoms with Crippen molar-refractivity contribution >= 4 is 5.69 Å². The molecule has 0 atom stereocenters. The Morgan fingerprint density at radius 3 is 2.29 bits per heavy atom. The summed E-state index contributed by atoms with van der Waals surface area (Å²) in [5, 5.41) is 3.15. The second-order valence-corrected chi connectivity index (χ2v) is 4.38. The van der Waals surface area contributed by atoms with E-state index >= 15 is 0 Å². The number of nitrogens with one attached hydrogen (secondary N) is 1. The summed E-state index contributed by atoms with van der Waals surface area (Å²) in [6.07, 6.45) is 0. The topological polar surface area (TPSA) is 39.7 Å². The maximum Gasteiger partial charge on any atom is 0.162 e. The first-order valence-electron chi connectivity index (χ1n) is 6.46. The Morgan fingerprint density at radius 1 is 0.905 bits per heavy atom. The summed E-state index contributed by atoms with van der Waals surface area (Å²) >= 11 is 0. The van der Waals surface area contributed by atoms with Gasteiger partial charge in [-0.25, -0.2) is 4.39 Å². The molecule has 0 aromatic heterocycles. The van der Waals surface area contributed by atoms with Crippen LogP contribution in [0.1, 0.15) is 5.56 Å². The molecule has 0 aliphatic rings. The average molecular weight is 291 g/mol. The lowest BCUT2D eigenvalue weighted by molar-refractivity contribution is 0.355. The minimum absolute atomic E-state index is 0.303. The standard InChI is InChI=1S/C16H18FNO3/c1-19-13-6-4-11(14(17)9-13)10-18-12-5-7-15(20-2)16(8-12)21-3/h4-9,18H,10H2,1-3H3. The predicted octanol–water partition coefficient (Wildman–Crippen LogP) is 3.46. The van der Waals surface area contributed by atoms with Crippen molar-refractivity contribution in [2.75, 3.05) is 26.6 Å². The van der Waals surface area contributed by atoms with E-state index < -0.39 is 0 Å². The summed E-state index contributed by atoms with van der Waals surface area (Å²) < 4.78 is 29.2. The molecule has 21 heavy (non-hydrogen) atoms. The molecular weight excluding hydrogens is 273 g/mol. The Kier molecular flexibility index (Phi) is 4.87. The maximum absolute atomic E-state index is 13.8. The first-order chi connectivity index (χ1) is 10.2. The lowest BCUT2D eigenvalue weighted by atomic mass is 10.2. The summed E-state index contributed by atoms with van der Waals surface area (Å²) in [5.41, 5.74) is 1.38. The van der Waals surface area contributed by atoms with E-state index in [4.69, 9.17) is 14.2 Å². The zero-order valence-corrected chi connectivity index (χ0v) is 12.3. The lowest BCUT2D eigenvalue weighted by Crippen LogP contribution is -2.02. The van der Waals surface area contributed by atoms with E-state index in [1.807, 2.05) is 6.07 Å². The molecule has 0 aliphatic carbocycles. The molecule has 0 spiro atoms. The summed E-state index contributed by atoms with van der Waals surface area (Å²) in [7, 11) is 4.67. The summed E-state index contributed by atoms with van der Waals surface area (Å²) in [6.45, 7) is 0.366. The molecule has 1 N–H and O–H groups in total. The highest BCUT2D eigenvalue weighted by atomic mass is 19.1. The number of anilines is 1. The van der Waals surface area contributed by atoms with Crippen molar-refractivity contribution in [3.8, 4) is 17.2 Å². The van der Waals surface area contributed by atoms with Gasteiger partial charge in [0.15, 0.2) is 11.5 Å². The molecule has 2 aromatic carbocycles. The molecule has 0 unspecified atom stereocenters.